The molecule has 0 amide bonds. The zero-order chi connectivity index (χ0) is 12.7. The van der Waals surface area contributed by atoms with Crippen LogP contribution in [0.1, 0.15) is 0 Å². The molecule has 0 aliphatic rings. The summed E-state index contributed by atoms with van der Waals surface area (Å²) in [7, 11) is 1.65. The average molecular weight is 276 g/mol. The molecule has 2 aromatic carbocycles. The molecule has 3 rings (SSSR count). The lowest BCUT2D eigenvalue weighted by Crippen LogP contribution is -1.87. The zero-order valence-corrected chi connectivity index (χ0v) is 11.2. The van der Waals surface area contributed by atoms with E-state index in [1.165, 1.54) is 0 Å². The topological polar surface area (TPSA) is 25.0 Å². The molecule has 1 aromatic heterocycles. The van der Waals surface area contributed by atoms with E-state index in [-0.39, 0.29) is 0 Å². The zero-order valence-electron chi connectivity index (χ0n) is 9.66. The monoisotopic (exact) mass is 275 g/mol. The van der Waals surface area contributed by atoms with Crippen LogP contribution in [0.25, 0.3) is 21.8 Å². The van der Waals surface area contributed by atoms with Crippen molar-refractivity contribution < 1.29 is 4.74 Å². The fourth-order valence-electron chi connectivity index (χ4n) is 2.06. The second-order valence-electron chi connectivity index (χ2n) is 4.06. The number of hydrogen-bond donors (Lipinski definition) is 1. The molecule has 0 atom stereocenters. The molecule has 1 N–H and O–H groups in total. The van der Waals surface area contributed by atoms with E-state index >= 15 is 0 Å². The van der Waals surface area contributed by atoms with Crippen LogP contribution in [0.2, 0.25) is 5.02 Å². The summed E-state index contributed by atoms with van der Waals surface area (Å²) in [6.45, 7) is 0. The van der Waals surface area contributed by atoms with Gasteiger partial charge in [-0.1, -0.05) is 23.8 Å². The lowest BCUT2D eigenvalue weighted by atomic mass is 10.1. The Balaban J connectivity index is 2.48. The largest absolute Gasteiger partial charge is 0.497 e. The van der Waals surface area contributed by atoms with Crippen molar-refractivity contribution in [1.29, 1.82) is 0 Å². The van der Waals surface area contributed by atoms with Crippen LogP contribution < -0.4 is 4.74 Å². The van der Waals surface area contributed by atoms with Crippen molar-refractivity contribution in [3.8, 4) is 5.75 Å². The van der Waals surface area contributed by atoms with E-state index in [4.69, 9.17) is 28.6 Å². The van der Waals surface area contributed by atoms with E-state index in [0.717, 1.165) is 32.1 Å². The summed E-state index contributed by atoms with van der Waals surface area (Å²) < 4.78 is 6.04. The number of aromatic amines is 1. The highest BCUT2D eigenvalue weighted by molar-refractivity contribution is 7.72. The summed E-state index contributed by atoms with van der Waals surface area (Å²) in [5, 5.41) is 2.68. The van der Waals surface area contributed by atoms with Crippen molar-refractivity contribution in [2.75, 3.05) is 7.11 Å². The number of aromatic nitrogens is 1. The summed E-state index contributed by atoms with van der Waals surface area (Å²) in [5.74, 6) is 0.801. The summed E-state index contributed by atoms with van der Waals surface area (Å²) in [5.41, 5.74) is 1.93. The predicted molar refractivity (Wildman–Crippen MR) is 78.2 cm³/mol. The molecular weight excluding hydrogens is 266 g/mol. The van der Waals surface area contributed by atoms with E-state index < -0.39 is 0 Å². The van der Waals surface area contributed by atoms with E-state index in [9.17, 15) is 0 Å². The highest BCUT2D eigenvalue weighted by Crippen LogP contribution is 2.27. The quantitative estimate of drug-likeness (QED) is 0.514. The van der Waals surface area contributed by atoms with Crippen molar-refractivity contribution >= 4 is 45.6 Å². The molecule has 0 bridgehead atoms. The second kappa shape index (κ2) is 4.26. The summed E-state index contributed by atoms with van der Waals surface area (Å²) >= 11 is 11.5. The number of fused-ring (bicyclic) bond motifs is 2. The van der Waals surface area contributed by atoms with Crippen molar-refractivity contribution in [1.82, 2.24) is 4.98 Å². The molecule has 0 saturated heterocycles. The van der Waals surface area contributed by atoms with Gasteiger partial charge in [-0.25, -0.2) is 0 Å². The molecule has 0 saturated carbocycles. The first-order valence-corrected chi connectivity index (χ1v) is 6.27. The number of halogens is 1. The molecule has 3 aromatic rings. The Morgan fingerprint density at radius 1 is 1.06 bits per heavy atom. The third-order valence-corrected chi connectivity index (χ3v) is 3.64. The van der Waals surface area contributed by atoms with Gasteiger partial charge in [-0.05, 0) is 36.4 Å². The van der Waals surface area contributed by atoms with Gasteiger partial charge in [0, 0.05) is 26.8 Å². The maximum Gasteiger partial charge on any atom is 0.119 e. The summed E-state index contributed by atoms with van der Waals surface area (Å²) in [6, 6.07) is 11.5. The van der Waals surface area contributed by atoms with Crippen LogP contribution in [0.3, 0.4) is 0 Å². The molecule has 0 radical (unpaired) electrons. The molecular formula is C14H10ClNOS. The molecule has 0 unspecified atom stereocenters. The molecule has 90 valence electrons. The number of rotatable bonds is 1. The van der Waals surface area contributed by atoms with E-state index in [2.05, 4.69) is 4.98 Å². The fourth-order valence-corrected chi connectivity index (χ4v) is 2.57. The number of pyridine rings is 1. The standard InChI is InChI=1S/C14H10ClNOS/c1-17-9-3-5-12-11(7-9)14(18)10-4-2-8(15)6-13(10)16-12/h2-7H,1H3,(H,16,18). The van der Waals surface area contributed by atoms with Crippen molar-refractivity contribution in [2.45, 2.75) is 0 Å². The van der Waals surface area contributed by atoms with Crippen molar-refractivity contribution in [2.24, 2.45) is 0 Å². The van der Waals surface area contributed by atoms with Crippen LogP contribution in [0, 0.1) is 4.51 Å². The van der Waals surface area contributed by atoms with Crippen LogP contribution in [0.4, 0.5) is 0 Å². The van der Waals surface area contributed by atoms with Gasteiger partial charge in [0.1, 0.15) is 5.75 Å². The van der Waals surface area contributed by atoms with E-state index in [1.54, 1.807) is 7.11 Å². The Hall–Kier alpha value is -1.58. The van der Waals surface area contributed by atoms with Gasteiger partial charge >= 0.3 is 0 Å². The summed E-state index contributed by atoms with van der Waals surface area (Å²) in [6.07, 6.45) is 0. The molecule has 1 heterocycles. The van der Waals surface area contributed by atoms with Crippen LogP contribution in [0.5, 0.6) is 5.75 Å². The van der Waals surface area contributed by atoms with Gasteiger partial charge in [-0.15, -0.1) is 0 Å². The minimum atomic E-state index is 0.695. The van der Waals surface area contributed by atoms with Gasteiger partial charge in [0.15, 0.2) is 0 Å². The summed E-state index contributed by atoms with van der Waals surface area (Å²) in [4.78, 5) is 3.34. The third kappa shape index (κ3) is 1.76. The lowest BCUT2D eigenvalue weighted by molar-refractivity contribution is 0.415. The molecule has 0 fully saturated rings. The number of methoxy groups -OCH3 is 1. The molecule has 0 spiro atoms. The van der Waals surface area contributed by atoms with E-state index in [1.807, 2.05) is 36.4 Å². The number of ether oxygens (including phenoxy) is 1. The average Bonchev–Trinajstić information content (AvgIpc) is 2.38. The number of H-pyrrole nitrogens is 1. The SMILES string of the molecule is COc1ccc2[nH]c3cc(Cl)ccc3c(=S)c2c1. The minimum absolute atomic E-state index is 0.695. The van der Waals surface area contributed by atoms with Crippen molar-refractivity contribution in [3.05, 3.63) is 45.9 Å². The van der Waals surface area contributed by atoms with Crippen molar-refractivity contribution in [3.63, 3.8) is 0 Å². The molecule has 18 heavy (non-hydrogen) atoms. The van der Waals surface area contributed by atoms with Crippen LogP contribution in [-0.4, -0.2) is 12.1 Å². The van der Waals surface area contributed by atoms with Crippen LogP contribution in [0.15, 0.2) is 36.4 Å². The third-order valence-electron chi connectivity index (χ3n) is 2.97. The molecule has 2 nitrogen and oxygen atoms in total. The molecule has 0 aliphatic carbocycles. The smallest absolute Gasteiger partial charge is 0.119 e. The lowest BCUT2D eigenvalue weighted by Gasteiger charge is -2.06. The van der Waals surface area contributed by atoms with Gasteiger partial charge in [-0.3, -0.25) is 0 Å². The predicted octanol–water partition coefficient (Wildman–Crippen LogP) is 4.71. The Kier molecular flexibility index (Phi) is 2.73. The maximum atomic E-state index is 6.00. The minimum Gasteiger partial charge on any atom is -0.497 e. The van der Waals surface area contributed by atoms with Gasteiger partial charge in [0.2, 0.25) is 0 Å². The Bertz CT molecular complexity index is 810. The normalized spacial score (nSPS) is 11.0. The van der Waals surface area contributed by atoms with Gasteiger partial charge < -0.3 is 9.72 Å². The van der Waals surface area contributed by atoms with Gasteiger partial charge in [0.05, 0.1) is 11.6 Å². The van der Waals surface area contributed by atoms with Crippen LogP contribution >= 0.6 is 23.8 Å². The first-order valence-electron chi connectivity index (χ1n) is 5.48. The van der Waals surface area contributed by atoms with E-state index in [0.29, 0.717) is 5.02 Å². The Morgan fingerprint density at radius 2 is 1.89 bits per heavy atom. The van der Waals surface area contributed by atoms with Crippen LogP contribution in [-0.2, 0) is 0 Å². The number of benzene rings is 2. The maximum absolute atomic E-state index is 6.00. The highest BCUT2D eigenvalue weighted by Gasteiger charge is 2.04. The Morgan fingerprint density at radius 3 is 2.67 bits per heavy atom. The fraction of sp³-hybridized carbons (Fsp3) is 0.0714. The second-order valence-corrected chi connectivity index (χ2v) is 4.90. The van der Waals surface area contributed by atoms with Gasteiger partial charge in [0.25, 0.3) is 0 Å². The molecule has 0 aliphatic heterocycles. The highest BCUT2D eigenvalue weighted by atomic mass is 35.5. The first kappa shape index (κ1) is 11.5. The van der Waals surface area contributed by atoms with Gasteiger partial charge in [-0.2, -0.15) is 0 Å². The number of hydrogen-bond acceptors (Lipinski definition) is 2. The number of nitrogens with one attached hydrogen (secondary N) is 1. The first-order chi connectivity index (χ1) is 8.69. The molecule has 4 heteroatoms. The Labute approximate surface area is 114 Å².